The third kappa shape index (κ3) is 3.53. The van der Waals surface area contributed by atoms with Crippen LogP contribution in [0.2, 0.25) is 0 Å². The van der Waals surface area contributed by atoms with Gasteiger partial charge in [0.25, 0.3) is 0 Å². The summed E-state index contributed by atoms with van der Waals surface area (Å²) in [6.45, 7) is 9.67. The average molecular weight is 238 g/mol. The summed E-state index contributed by atoms with van der Waals surface area (Å²) >= 11 is 0. The van der Waals surface area contributed by atoms with E-state index >= 15 is 0 Å². The fourth-order valence-electron chi connectivity index (χ4n) is 2.01. The van der Waals surface area contributed by atoms with Gasteiger partial charge in [0.2, 0.25) is 0 Å². The quantitative estimate of drug-likeness (QED) is 0.790. The highest BCUT2D eigenvalue weighted by Crippen LogP contribution is 2.11. The highest BCUT2D eigenvalue weighted by Gasteiger charge is 2.17. The molecule has 98 valence electrons. The molecule has 4 heteroatoms. The molecule has 0 saturated carbocycles. The van der Waals surface area contributed by atoms with Gasteiger partial charge in [0.1, 0.15) is 5.82 Å². The normalized spacial score (nSPS) is 14.9. The van der Waals surface area contributed by atoms with Gasteiger partial charge in [0, 0.05) is 18.9 Å². The van der Waals surface area contributed by atoms with Gasteiger partial charge >= 0.3 is 0 Å². The molecular weight excluding hydrogens is 212 g/mol. The highest BCUT2D eigenvalue weighted by molar-refractivity contribution is 4.93. The molecule has 0 saturated heterocycles. The molecule has 1 aromatic heterocycles. The van der Waals surface area contributed by atoms with Crippen LogP contribution in [-0.4, -0.2) is 27.9 Å². The van der Waals surface area contributed by atoms with Gasteiger partial charge in [-0.25, -0.2) is 9.67 Å². The SMILES string of the molecule is CCc1nc(CC)n(CC(NC)C(C)CC)n1. The Bertz CT molecular complexity index is 332. The number of nitrogens with zero attached hydrogens (tertiary/aromatic N) is 3. The van der Waals surface area contributed by atoms with E-state index in [1.807, 2.05) is 7.05 Å². The first-order valence-corrected chi connectivity index (χ1v) is 6.75. The lowest BCUT2D eigenvalue weighted by atomic mass is 9.99. The zero-order valence-electron chi connectivity index (χ0n) is 11.8. The fraction of sp³-hybridized carbons (Fsp3) is 0.846. The molecule has 0 aliphatic heterocycles. The van der Waals surface area contributed by atoms with Gasteiger partial charge in [-0.15, -0.1) is 0 Å². The van der Waals surface area contributed by atoms with E-state index < -0.39 is 0 Å². The van der Waals surface area contributed by atoms with Crippen LogP contribution in [0.5, 0.6) is 0 Å². The van der Waals surface area contributed by atoms with Gasteiger partial charge in [-0.05, 0) is 13.0 Å². The van der Waals surface area contributed by atoms with Crippen LogP contribution in [0, 0.1) is 5.92 Å². The van der Waals surface area contributed by atoms with Crippen molar-refractivity contribution >= 4 is 0 Å². The minimum Gasteiger partial charge on any atom is -0.315 e. The predicted octanol–water partition coefficient (Wildman–Crippen LogP) is 2.04. The van der Waals surface area contributed by atoms with Gasteiger partial charge in [-0.2, -0.15) is 5.10 Å². The average Bonchev–Trinajstić information content (AvgIpc) is 2.77. The Morgan fingerprint density at radius 3 is 2.41 bits per heavy atom. The summed E-state index contributed by atoms with van der Waals surface area (Å²) in [5.74, 6) is 2.71. The Morgan fingerprint density at radius 1 is 1.24 bits per heavy atom. The van der Waals surface area contributed by atoms with Crippen LogP contribution < -0.4 is 5.32 Å². The summed E-state index contributed by atoms with van der Waals surface area (Å²) in [4.78, 5) is 4.54. The molecule has 0 fully saturated rings. The summed E-state index contributed by atoms with van der Waals surface area (Å²) in [6.07, 6.45) is 3.04. The van der Waals surface area contributed by atoms with Crippen LogP contribution in [0.1, 0.15) is 45.8 Å². The molecule has 0 radical (unpaired) electrons. The van der Waals surface area contributed by atoms with E-state index in [0.29, 0.717) is 12.0 Å². The van der Waals surface area contributed by atoms with Crippen molar-refractivity contribution in [3.8, 4) is 0 Å². The molecule has 1 heterocycles. The number of rotatable bonds is 7. The van der Waals surface area contributed by atoms with Crippen LogP contribution in [-0.2, 0) is 19.4 Å². The topological polar surface area (TPSA) is 42.7 Å². The van der Waals surface area contributed by atoms with E-state index in [1.165, 1.54) is 6.42 Å². The second-order valence-corrected chi connectivity index (χ2v) is 4.61. The monoisotopic (exact) mass is 238 g/mol. The largest absolute Gasteiger partial charge is 0.315 e. The van der Waals surface area contributed by atoms with E-state index in [2.05, 4.69) is 47.8 Å². The Labute approximate surface area is 105 Å². The lowest BCUT2D eigenvalue weighted by Gasteiger charge is -2.22. The number of likely N-dealkylation sites (N-methyl/N-ethyl adjacent to an activating group) is 1. The molecule has 17 heavy (non-hydrogen) atoms. The van der Waals surface area contributed by atoms with Crippen molar-refractivity contribution in [3.63, 3.8) is 0 Å². The van der Waals surface area contributed by atoms with Crippen molar-refractivity contribution in [3.05, 3.63) is 11.6 Å². The molecule has 0 aliphatic rings. The lowest BCUT2D eigenvalue weighted by molar-refractivity contribution is 0.331. The molecule has 0 aliphatic carbocycles. The van der Waals surface area contributed by atoms with Crippen LogP contribution in [0.15, 0.2) is 0 Å². The zero-order valence-corrected chi connectivity index (χ0v) is 11.8. The molecule has 1 N–H and O–H groups in total. The minimum atomic E-state index is 0.469. The second kappa shape index (κ2) is 6.74. The van der Waals surface area contributed by atoms with Crippen LogP contribution in [0.3, 0.4) is 0 Å². The van der Waals surface area contributed by atoms with Crippen molar-refractivity contribution in [2.45, 2.75) is 59.5 Å². The van der Waals surface area contributed by atoms with E-state index in [-0.39, 0.29) is 0 Å². The molecule has 2 unspecified atom stereocenters. The standard InChI is InChI=1S/C13H26N4/c1-6-10(4)11(14-5)9-17-13(8-3)15-12(7-2)16-17/h10-11,14H,6-9H2,1-5H3. The number of nitrogens with one attached hydrogen (secondary N) is 1. The molecule has 0 bridgehead atoms. The van der Waals surface area contributed by atoms with Crippen LogP contribution in [0.25, 0.3) is 0 Å². The molecule has 1 rings (SSSR count). The van der Waals surface area contributed by atoms with E-state index in [1.54, 1.807) is 0 Å². The molecule has 0 spiro atoms. The van der Waals surface area contributed by atoms with Crippen molar-refractivity contribution in [2.24, 2.45) is 5.92 Å². The first kappa shape index (κ1) is 14.2. The third-order valence-corrected chi connectivity index (χ3v) is 3.50. The molecular formula is C13H26N4. The molecule has 0 aromatic carbocycles. The smallest absolute Gasteiger partial charge is 0.150 e. The Hall–Kier alpha value is -0.900. The zero-order chi connectivity index (χ0) is 12.8. The molecule has 4 nitrogen and oxygen atoms in total. The summed E-state index contributed by atoms with van der Waals surface area (Å²) in [6, 6.07) is 0.469. The van der Waals surface area contributed by atoms with Crippen molar-refractivity contribution < 1.29 is 0 Å². The number of hydrogen-bond acceptors (Lipinski definition) is 3. The van der Waals surface area contributed by atoms with Crippen molar-refractivity contribution in [2.75, 3.05) is 7.05 Å². The van der Waals surface area contributed by atoms with Gasteiger partial charge in [-0.1, -0.05) is 34.1 Å². The molecule has 0 amide bonds. The number of aromatic nitrogens is 3. The summed E-state index contributed by atoms with van der Waals surface area (Å²) < 4.78 is 2.08. The minimum absolute atomic E-state index is 0.469. The lowest BCUT2D eigenvalue weighted by Crippen LogP contribution is -2.36. The maximum absolute atomic E-state index is 4.57. The van der Waals surface area contributed by atoms with Gasteiger partial charge in [-0.3, -0.25) is 0 Å². The highest BCUT2D eigenvalue weighted by atomic mass is 15.4. The fourth-order valence-corrected chi connectivity index (χ4v) is 2.01. The maximum atomic E-state index is 4.57. The van der Waals surface area contributed by atoms with Crippen LogP contribution in [0.4, 0.5) is 0 Å². The summed E-state index contributed by atoms with van der Waals surface area (Å²) in [5, 5.41) is 7.96. The first-order chi connectivity index (χ1) is 8.15. The van der Waals surface area contributed by atoms with E-state index in [9.17, 15) is 0 Å². The van der Waals surface area contributed by atoms with Gasteiger partial charge in [0.15, 0.2) is 5.82 Å². The Morgan fingerprint density at radius 2 is 1.94 bits per heavy atom. The van der Waals surface area contributed by atoms with Gasteiger partial charge in [0.05, 0.1) is 6.54 Å². The Kier molecular flexibility index (Phi) is 5.62. The second-order valence-electron chi connectivity index (χ2n) is 4.61. The first-order valence-electron chi connectivity index (χ1n) is 6.75. The number of hydrogen-bond donors (Lipinski definition) is 1. The van der Waals surface area contributed by atoms with Crippen LogP contribution >= 0.6 is 0 Å². The third-order valence-electron chi connectivity index (χ3n) is 3.50. The molecule has 2 atom stereocenters. The predicted molar refractivity (Wildman–Crippen MR) is 71.1 cm³/mol. The van der Waals surface area contributed by atoms with Crippen molar-refractivity contribution in [1.29, 1.82) is 0 Å². The molecule has 1 aromatic rings. The maximum Gasteiger partial charge on any atom is 0.150 e. The van der Waals surface area contributed by atoms with E-state index in [4.69, 9.17) is 0 Å². The summed E-state index contributed by atoms with van der Waals surface area (Å²) in [5.41, 5.74) is 0. The van der Waals surface area contributed by atoms with E-state index in [0.717, 1.165) is 31.0 Å². The number of aryl methyl sites for hydroxylation is 2. The van der Waals surface area contributed by atoms with Gasteiger partial charge < -0.3 is 5.32 Å². The van der Waals surface area contributed by atoms with Crippen molar-refractivity contribution in [1.82, 2.24) is 20.1 Å². The summed E-state index contributed by atoms with van der Waals surface area (Å²) in [7, 11) is 2.03. The Balaban J connectivity index is 2.80.